The van der Waals surface area contributed by atoms with Crippen molar-refractivity contribution in [2.75, 3.05) is 51.2 Å². The van der Waals surface area contributed by atoms with Gasteiger partial charge in [0.1, 0.15) is 12.1 Å². The molecule has 22 heavy (non-hydrogen) atoms. The Bertz CT molecular complexity index is 628. The van der Waals surface area contributed by atoms with Crippen LogP contribution in [0.2, 0.25) is 0 Å². The van der Waals surface area contributed by atoms with Gasteiger partial charge in [0.05, 0.1) is 0 Å². The molecule has 0 saturated carbocycles. The first kappa shape index (κ1) is 13.9. The first-order valence-corrected chi connectivity index (χ1v) is 8.14. The molecule has 2 fully saturated rings. The lowest BCUT2D eigenvalue weighted by molar-refractivity contribution is 0.179. The van der Waals surface area contributed by atoms with Gasteiger partial charge in [0.2, 0.25) is 0 Å². The van der Waals surface area contributed by atoms with E-state index in [0.717, 1.165) is 31.1 Å². The third-order valence-corrected chi connectivity index (χ3v) is 4.92. The summed E-state index contributed by atoms with van der Waals surface area (Å²) in [6, 6.07) is 4.64. The Morgan fingerprint density at radius 1 is 1.23 bits per heavy atom. The lowest BCUT2D eigenvalue weighted by Crippen LogP contribution is -2.59. The Labute approximate surface area is 130 Å². The maximum absolute atomic E-state index is 4.55. The van der Waals surface area contributed by atoms with E-state index in [4.69, 9.17) is 0 Å². The summed E-state index contributed by atoms with van der Waals surface area (Å²) in [6.07, 6.45) is 4.40. The molecule has 0 unspecified atom stereocenters. The lowest BCUT2D eigenvalue weighted by Gasteiger charge is -2.44. The van der Waals surface area contributed by atoms with Crippen LogP contribution in [0.15, 0.2) is 18.5 Å². The van der Waals surface area contributed by atoms with E-state index in [1.54, 1.807) is 10.8 Å². The smallest absolute Gasteiger partial charge is 0.177 e. The fraction of sp³-hybridized carbons (Fsp3) is 0.667. The average Bonchev–Trinajstić information content (AvgIpc) is 3.14. The Kier molecular flexibility index (Phi) is 3.67. The minimum absolute atomic E-state index is 0.640. The second-order valence-electron chi connectivity index (χ2n) is 6.41. The normalized spacial score (nSPS) is 20.2. The molecule has 0 amide bonds. The second kappa shape index (κ2) is 5.81. The maximum Gasteiger partial charge on any atom is 0.177 e. The van der Waals surface area contributed by atoms with Gasteiger partial charge in [-0.25, -0.2) is 0 Å². The monoisotopic (exact) mass is 301 g/mol. The van der Waals surface area contributed by atoms with E-state index in [1.807, 2.05) is 12.1 Å². The van der Waals surface area contributed by atoms with Crippen LogP contribution in [0, 0.1) is 0 Å². The Morgan fingerprint density at radius 2 is 2.05 bits per heavy atom. The molecule has 0 N–H and O–H groups in total. The third kappa shape index (κ3) is 2.66. The molecule has 2 aromatic heterocycles. The minimum atomic E-state index is 0.640. The van der Waals surface area contributed by atoms with Crippen molar-refractivity contribution in [3.63, 3.8) is 0 Å². The number of aromatic nitrogens is 4. The molecule has 2 saturated heterocycles. The van der Waals surface area contributed by atoms with Gasteiger partial charge < -0.3 is 9.80 Å². The predicted octanol–water partition coefficient (Wildman–Crippen LogP) is 0.340. The summed E-state index contributed by atoms with van der Waals surface area (Å²) in [6.45, 7) is 7.05. The molecular weight excluding hydrogens is 278 g/mol. The van der Waals surface area contributed by atoms with E-state index >= 15 is 0 Å². The van der Waals surface area contributed by atoms with Crippen molar-refractivity contribution in [2.24, 2.45) is 0 Å². The van der Waals surface area contributed by atoms with E-state index in [9.17, 15) is 0 Å². The molecule has 0 aromatic carbocycles. The zero-order valence-corrected chi connectivity index (χ0v) is 13.1. The first-order chi connectivity index (χ1) is 10.8. The number of hydrogen-bond donors (Lipinski definition) is 0. The van der Waals surface area contributed by atoms with Gasteiger partial charge in [-0.2, -0.15) is 4.52 Å². The minimum Gasteiger partial charge on any atom is -0.352 e. The standard InChI is InChI=1S/C15H23N7/c1-19(8-9-20-6-2-3-7-20)13-10-21(11-13)15-5-4-14-17-16-12-22(14)18-15/h4-5,12-13H,2-3,6-11H2,1H3. The van der Waals surface area contributed by atoms with Crippen LogP contribution in [0.25, 0.3) is 5.65 Å². The van der Waals surface area contributed by atoms with Crippen LogP contribution in [0.5, 0.6) is 0 Å². The van der Waals surface area contributed by atoms with E-state index in [-0.39, 0.29) is 0 Å². The third-order valence-electron chi connectivity index (χ3n) is 4.92. The van der Waals surface area contributed by atoms with Gasteiger partial charge in [0.25, 0.3) is 0 Å². The number of anilines is 1. The second-order valence-corrected chi connectivity index (χ2v) is 6.41. The van der Waals surface area contributed by atoms with Crippen molar-refractivity contribution in [3.8, 4) is 0 Å². The predicted molar refractivity (Wildman–Crippen MR) is 85.1 cm³/mol. The van der Waals surface area contributed by atoms with Crippen LogP contribution >= 0.6 is 0 Å². The average molecular weight is 301 g/mol. The molecule has 7 nitrogen and oxygen atoms in total. The quantitative estimate of drug-likeness (QED) is 0.794. The molecule has 118 valence electrons. The summed E-state index contributed by atoms with van der Waals surface area (Å²) >= 11 is 0. The molecule has 0 bridgehead atoms. The SMILES string of the molecule is CN(CCN1CCCC1)C1CN(c2ccc3nncn3n2)C1. The Morgan fingerprint density at radius 3 is 2.86 bits per heavy atom. The molecular formula is C15H23N7. The molecule has 7 heteroatoms. The molecule has 2 aliphatic rings. The highest BCUT2D eigenvalue weighted by Crippen LogP contribution is 2.21. The van der Waals surface area contributed by atoms with Crippen LogP contribution in [0.4, 0.5) is 5.82 Å². The van der Waals surface area contributed by atoms with Gasteiger partial charge in [-0.15, -0.1) is 15.3 Å². The topological polar surface area (TPSA) is 52.8 Å². The van der Waals surface area contributed by atoms with E-state index in [2.05, 4.69) is 37.0 Å². The van der Waals surface area contributed by atoms with Gasteiger partial charge >= 0.3 is 0 Å². The van der Waals surface area contributed by atoms with Gasteiger partial charge in [-0.1, -0.05) is 0 Å². The number of rotatable bonds is 5. The summed E-state index contributed by atoms with van der Waals surface area (Å²) < 4.78 is 1.74. The fourth-order valence-corrected chi connectivity index (χ4v) is 3.30. The molecule has 4 heterocycles. The molecule has 0 aliphatic carbocycles. The maximum atomic E-state index is 4.55. The molecule has 2 aliphatic heterocycles. The summed E-state index contributed by atoms with van der Waals surface area (Å²) in [5.41, 5.74) is 0.795. The molecule has 0 atom stereocenters. The molecule has 0 spiro atoms. The number of nitrogens with zero attached hydrogens (tertiary/aromatic N) is 7. The highest BCUT2D eigenvalue weighted by atomic mass is 15.4. The number of hydrogen-bond acceptors (Lipinski definition) is 6. The van der Waals surface area contributed by atoms with Gasteiger partial charge in [-0.3, -0.25) is 4.90 Å². The number of likely N-dealkylation sites (tertiary alicyclic amines) is 1. The fourth-order valence-electron chi connectivity index (χ4n) is 3.30. The van der Waals surface area contributed by atoms with Crippen LogP contribution < -0.4 is 4.90 Å². The van der Waals surface area contributed by atoms with Crippen LogP contribution in [-0.4, -0.2) is 82.0 Å². The zero-order valence-electron chi connectivity index (χ0n) is 13.1. The van der Waals surface area contributed by atoms with Crippen molar-refractivity contribution >= 4 is 11.5 Å². The summed E-state index contributed by atoms with van der Waals surface area (Å²) in [5, 5.41) is 12.4. The van der Waals surface area contributed by atoms with Crippen molar-refractivity contribution in [3.05, 3.63) is 18.5 Å². The molecule has 0 radical (unpaired) electrons. The van der Waals surface area contributed by atoms with Crippen LogP contribution in [0.1, 0.15) is 12.8 Å². The summed E-state index contributed by atoms with van der Waals surface area (Å²) in [4.78, 5) is 7.39. The van der Waals surface area contributed by atoms with Gasteiger partial charge in [-0.05, 0) is 45.1 Å². The zero-order chi connectivity index (χ0) is 14.9. The van der Waals surface area contributed by atoms with Crippen molar-refractivity contribution in [2.45, 2.75) is 18.9 Å². The summed E-state index contributed by atoms with van der Waals surface area (Å²) in [5.74, 6) is 1.01. The largest absolute Gasteiger partial charge is 0.352 e. The van der Waals surface area contributed by atoms with Crippen LogP contribution in [-0.2, 0) is 0 Å². The van der Waals surface area contributed by atoms with E-state index < -0.39 is 0 Å². The number of fused-ring (bicyclic) bond motifs is 1. The van der Waals surface area contributed by atoms with E-state index in [1.165, 1.54) is 32.5 Å². The summed E-state index contributed by atoms with van der Waals surface area (Å²) in [7, 11) is 2.24. The van der Waals surface area contributed by atoms with Crippen molar-refractivity contribution in [1.82, 2.24) is 29.6 Å². The Balaban J connectivity index is 1.29. The molecule has 2 aromatic rings. The number of likely N-dealkylation sites (N-methyl/N-ethyl adjacent to an activating group) is 1. The Hall–Kier alpha value is -1.73. The van der Waals surface area contributed by atoms with Gasteiger partial charge in [0, 0.05) is 32.2 Å². The highest BCUT2D eigenvalue weighted by molar-refractivity contribution is 5.47. The van der Waals surface area contributed by atoms with Crippen LogP contribution in [0.3, 0.4) is 0 Å². The van der Waals surface area contributed by atoms with Crippen molar-refractivity contribution in [1.29, 1.82) is 0 Å². The van der Waals surface area contributed by atoms with E-state index in [0.29, 0.717) is 6.04 Å². The first-order valence-electron chi connectivity index (χ1n) is 8.14. The molecule has 4 rings (SSSR count). The van der Waals surface area contributed by atoms with Crippen molar-refractivity contribution < 1.29 is 0 Å². The highest BCUT2D eigenvalue weighted by Gasteiger charge is 2.31. The van der Waals surface area contributed by atoms with Gasteiger partial charge in [0.15, 0.2) is 5.65 Å². The lowest BCUT2D eigenvalue weighted by atomic mass is 10.1.